The van der Waals surface area contributed by atoms with Crippen LogP contribution >= 0.6 is 0 Å². The number of para-hydroxylation sites is 1. The van der Waals surface area contributed by atoms with E-state index in [0.29, 0.717) is 67.7 Å². The van der Waals surface area contributed by atoms with Crippen molar-refractivity contribution in [3.05, 3.63) is 66.4 Å². The molecular weight excluding hydrogens is 493 g/mol. The van der Waals surface area contributed by atoms with Crippen molar-refractivity contribution in [3.8, 4) is 22.8 Å². The molecule has 0 unspecified atom stereocenters. The molecule has 2 aliphatic rings. The number of H-pyrrole nitrogens is 1. The number of amides is 2. The molecule has 1 saturated heterocycles. The number of fused-ring (bicyclic) bond motifs is 1. The van der Waals surface area contributed by atoms with Crippen molar-refractivity contribution >= 4 is 23.2 Å². The van der Waals surface area contributed by atoms with Crippen LogP contribution in [0.2, 0.25) is 0 Å². The maximum atomic E-state index is 14.2. The monoisotopic (exact) mass is 523 g/mol. The number of nitrogens with one attached hydrogen (secondary N) is 3. The number of pyridine rings is 1. The Morgan fingerprint density at radius 1 is 1.24 bits per heavy atom. The highest BCUT2D eigenvalue weighted by atomic mass is 19.1. The van der Waals surface area contributed by atoms with Crippen molar-refractivity contribution in [2.45, 2.75) is 6.42 Å². The van der Waals surface area contributed by atoms with Gasteiger partial charge in [-0.1, -0.05) is 12.6 Å². The number of halogens is 1. The number of aromatic amines is 1. The number of ether oxygens (including phenoxy) is 3. The summed E-state index contributed by atoms with van der Waals surface area (Å²) in [6, 6.07) is 6.37. The van der Waals surface area contributed by atoms with Crippen molar-refractivity contribution in [1.82, 2.24) is 20.2 Å². The first kappa shape index (κ1) is 26.7. The predicted molar refractivity (Wildman–Crippen MR) is 140 cm³/mol. The Hall–Kier alpha value is -4.38. The summed E-state index contributed by atoms with van der Waals surface area (Å²) < 4.78 is 29.9. The zero-order valence-corrected chi connectivity index (χ0v) is 21.3. The van der Waals surface area contributed by atoms with Crippen LogP contribution in [0.1, 0.15) is 16.1 Å². The van der Waals surface area contributed by atoms with Gasteiger partial charge in [0.2, 0.25) is 5.91 Å². The molecule has 0 atom stereocenters. The number of carbonyl (C=O) groups is 2. The molecule has 3 N–H and O–H groups in total. The molecule has 5 rings (SSSR count). The normalized spacial score (nSPS) is 14.4. The number of anilines is 2. The number of carbonyl (C=O) groups excluding carboxylic acids is 2. The number of aromatic nitrogens is 2. The molecule has 1 aromatic carbocycles. The second kappa shape index (κ2) is 12.2. The summed E-state index contributed by atoms with van der Waals surface area (Å²) in [6.07, 6.45) is 5.24. The molecular formula is C27H30FN5O5. The smallest absolute Gasteiger partial charge is 0.255 e. The summed E-state index contributed by atoms with van der Waals surface area (Å²) in [4.78, 5) is 32.7. The van der Waals surface area contributed by atoms with E-state index in [-0.39, 0.29) is 17.6 Å². The van der Waals surface area contributed by atoms with Crippen LogP contribution in [-0.2, 0) is 16.0 Å². The Bertz CT molecular complexity index is 1320. The molecule has 0 aliphatic carbocycles. The average molecular weight is 524 g/mol. The van der Waals surface area contributed by atoms with Crippen molar-refractivity contribution in [2.75, 3.05) is 52.4 Å². The van der Waals surface area contributed by atoms with Gasteiger partial charge in [0, 0.05) is 43.5 Å². The lowest BCUT2D eigenvalue weighted by Crippen LogP contribution is -2.39. The van der Waals surface area contributed by atoms with Gasteiger partial charge in [0.1, 0.15) is 5.75 Å². The van der Waals surface area contributed by atoms with E-state index in [1.165, 1.54) is 19.3 Å². The molecule has 200 valence electrons. The lowest BCUT2D eigenvalue weighted by atomic mass is 10.0. The number of morpholine rings is 1. The third-order valence-electron chi connectivity index (χ3n) is 6.17. The number of hydrogen-bond donors (Lipinski definition) is 3. The molecule has 4 heterocycles. The molecule has 3 aromatic rings. The van der Waals surface area contributed by atoms with Gasteiger partial charge < -0.3 is 34.7 Å². The van der Waals surface area contributed by atoms with E-state index >= 15 is 0 Å². The van der Waals surface area contributed by atoms with Gasteiger partial charge in [0.15, 0.2) is 11.6 Å². The minimum absolute atomic E-state index is 0.00306. The van der Waals surface area contributed by atoms with Crippen LogP contribution in [0, 0.1) is 5.82 Å². The Kier molecular flexibility index (Phi) is 8.59. The van der Waals surface area contributed by atoms with E-state index in [4.69, 9.17) is 14.2 Å². The van der Waals surface area contributed by atoms with Gasteiger partial charge in [0.05, 0.1) is 56.3 Å². The van der Waals surface area contributed by atoms with Gasteiger partial charge in [-0.2, -0.15) is 0 Å². The fraction of sp³-hybridized carbons (Fsp3) is 0.296. The Morgan fingerprint density at radius 2 is 2.03 bits per heavy atom. The van der Waals surface area contributed by atoms with Crippen LogP contribution in [-0.4, -0.2) is 73.7 Å². The quantitative estimate of drug-likeness (QED) is 0.425. The topological polar surface area (TPSA) is 118 Å². The van der Waals surface area contributed by atoms with Crippen LogP contribution in [0.25, 0.3) is 11.3 Å². The lowest BCUT2D eigenvalue weighted by molar-refractivity contribution is -0.129. The van der Waals surface area contributed by atoms with Crippen LogP contribution in [0.15, 0.2) is 49.3 Å². The number of methoxy groups -OCH3 is 2. The third kappa shape index (κ3) is 5.62. The molecule has 0 spiro atoms. The van der Waals surface area contributed by atoms with Gasteiger partial charge >= 0.3 is 0 Å². The second-order valence-corrected chi connectivity index (χ2v) is 8.40. The summed E-state index contributed by atoms with van der Waals surface area (Å²) in [5.74, 6) is -0.0700. The molecule has 0 saturated carbocycles. The highest BCUT2D eigenvalue weighted by Crippen LogP contribution is 2.41. The van der Waals surface area contributed by atoms with E-state index in [2.05, 4.69) is 27.2 Å². The molecule has 2 aromatic heterocycles. The van der Waals surface area contributed by atoms with E-state index < -0.39 is 5.82 Å². The van der Waals surface area contributed by atoms with Gasteiger partial charge in [-0.05, 0) is 24.3 Å². The van der Waals surface area contributed by atoms with Crippen LogP contribution in [0.3, 0.4) is 0 Å². The molecule has 10 nitrogen and oxygen atoms in total. The van der Waals surface area contributed by atoms with Crippen molar-refractivity contribution in [1.29, 1.82) is 0 Å². The first-order valence-electron chi connectivity index (χ1n) is 12.1. The van der Waals surface area contributed by atoms with Crippen molar-refractivity contribution in [2.24, 2.45) is 0 Å². The van der Waals surface area contributed by atoms with E-state index in [9.17, 15) is 14.0 Å². The maximum Gasteiger partial charge on any atom is 0.255 e. The SMILES string of the molecule is C=CC(=O)N1CCOCC1.COc1cnccc1-c1[nH]c2c(c1Nc1cccc(F)c1OC)C(=O)NCC2. The van der Waals surface area contributed by atoms with E-state index in [1.54, 1.807) is 42.6 Å². The minimum Gasteiger partial charge on any atom is -0.494 e. The fourth-order valence-corrected chi connectivity index (χ4v) is 4.32. The standard InChI is InChI=1S/C20H19FN4O3.C7H11NO2/c1-27-15-10-22-8-6-11(15)17-18(16-13(24-17)7-9-23-20(16)26)25-14-5-3-4-12(21)19(14)28-2;1-2-7(9)8-3-5-10-6-4-8/h3-6,8,10,24-25H,7,9H2,1-2H3,(H,23,26);2H,1,3-6H2. The maximum absolute atomic E-state index is 14.2. The van der Waals surface area contributed by atoms with Gasteiger partial charge in [-0.15, -0.1) is 0 Å². The molecule has 38 heavy (non-hydrogen) atoms. The zero-order chi connectivity index (χ0) is 27.1. The van der Waals surface area contributed by atoms with Gasteiger partial charge in [-0.25, -0.2) is 4.39 Å². The van der Waals surface area contributed by atoms with E-state index in [0.717, 1.165) is 11.3 Å². The third-order valence-corrected chi connectivity index (χ3v) is 6.17. The van der Waals surface area contributed by atoms with E-state index in [1.807, 2.05) is 0 Å². The summed E-state index contributed by atoms with van der Waals surface area (Å²) in [6.45, 7) is 6.65. The highest BCUT2D eigenvalue weighted by Gasteiger charge is 2.28. The summed E-state index contributed by atoms with van der Waals surface area (Å²) in [5, 5.41) is 6.04. The number of nitrogens with zero attached hydrogens (tertiary/aromatic N) is 2. The average Bonchev–Trinajstić information content (AvgIpc) is 3.32. The molecule has 0 bridgehead atoms. The summed E-state index contributed by atoms with van der Waals surface area (Å²) in [5.41, 5.74) is 3.63. The lowest BCUT2D eigenvalue weighted by Gasteiger charge is -2.25. The zero-order valence-electron chi connectivity index (χ0n) is 21.3. The molecule has 2 aliphatic heterocycles. The van der Waals surface area contributed by atoms with Crippen LogP contribution in [0.4, 0.5) is 15.8 Å². The van der Waals surface area contributed by atoms with Gasteiger partial charge in [-0.3, -0.25) is 14.6 Å². The predicted octanol–water partition coefficient (Wildman–Crippen LogP) is 3.29. The van der Waals surface area contributed by atoms with Crippen molar-refractivity contribution in [3.63, 3.8) is 0 Å². The largest absolute Gasteiger partial charge is 0.494 e. The fourth-order valence-electron chi connectivity index (χ4n) is 4.32. The molecule has 0 radical (unpaired) electrons. The number of benzene rings is 1. The molecule has 11 heteroatoms. The molecule has 2 amide bonds. The summed E-state index contributed by atoms with van der Waals surface area (Å²) in [7, 11) is 2.95. The Labute approximate surface area is 219 Å². The Balaban J connectivity index is 0.000000283. The first-order chi connectivity index (χ1) is 18.5. The number of hydrogen-bond acceptors (Lipinski definition) is 7. The van der Waals surface area contributed by atoms with Crippen LogP contribution < -0.4 is 20.1 Å². The van der Waals surface area contributed by atoms with Crippen LogP contribution in [0.5, 0.6) is 11.5 Å². The van der Waals surface area contributed by atoms with Gasteiger partial charge in [0.25, 0.3) is 5.91 Å². The molecule has 1 fully saturated rings. The Morgan fingerprint density at radius 3 is 2.74 bits per heavy atom. The van der Waals surface area contributed by atoms with Crippen molar-refractivity contribution < 1.29 is 28.2 Å². The first-order valence-corrected chi connectivity index (χ1v) is 12.1. The number of rotatable bonds is 6. The summed E-state index contributed by atoms with van der Waals surface area (Å²) >= 11 is 0. The highest BCUT2D eigenvalue weighted by molar-refractivity contribution is 6.06. The second-order valence-electron chi connectivity index (χ2n) is 8.40. The minimum atomic E-state index is -0.496.